The van der Waals surface area contributed by atoms with E-state index in [4.69, 9.17) is 36.2 Å². The average molecular weight is 415 g/mol. The summed E-state index contributed by atoms with van der Waals surface area (Å²) in [5.41, 5.74) is 5.23. The lowest BCUT2D eigenvalue weighted by Crippen LogP contribution is -2.41. The van der Waals surface area contributed by atoms with Crippen LogP contribution < -0.4 is 5.73 Å². The van der Waals surface area contributed by atoms with E-state index in [0.29, 0.717) is 39.6 Å². The fourth-order valence-corrected chi connectivity index (χ4v) is 1.65. The van der Waals surface area contributed by atoms with E-state index in [0.717, 1.165) is 0 Å². The monoisotopic (exact) mass is 415 g/mol. The summed E-state index contributed by atoms with van der Waals surface area (Å²) in [6, 6.07) is 0. The SMILES string of the molecule is C#CCC(I)(OCCOCCOCCOCCO)C(N)=O. The van der Waals surface area contributed by atoms with Crippen molar-refractivity contribution in [3.05, 3.63) is 0 Å². The largest absolute Gasteiger partial charge is 0.394 e. The number of hydrogen-bond donors (Lipinski definition) is 2. The molecule has 0 saturated carbocycles. The summed E-state index contributed by atoms with van der Waals surface area (Å²) >= 11 is 1.80. The van der Waals surface area contributed by atoms with Gasteiger partial charge in [0.05, 0.1) is 59.3 Å². The number of aliphatic hydroxyl groups is 1. The van der Waals surface area contributed by atoms with Crippen LogP contribution in [-0.2, 0) is 23.7 Å². The van der Waals surface area contributed by atoms with Crippen LogP contribution >= 0.6 is 22.6 Å². The number of carbonyl (C=O) groups excluding carboxylic acids is 1. The molecule has 0 aliphatic heterocycles. The summed E-state index contributed by atoms with van der Waals surface area (Å²) in [6.07, 6.45) is 5.28. The van der Waals surface area contributed by atoms with Crippen molar-refractivity contribution in [3.8, 4) is 12.3 Å². The summed E-state index contributed by atoms with van der Waals surface area (Å²) in [7, 11) is 0. The molecule has 0 radical (unpaired) electrons. The Kier molecular flexibility index (Phi) is 13.0. The van der Waals surface area contributed by atoms with Crippen LogP contribution in [0.4, 0.5) is 0 Å². The number of rotatable bonds is 14. The van der Waals surface area contributed by atoms with Crippen molar-refractivity contribution < 1.29 is 28.8 Å². The zero-order chi connectivity index (χ0) is 16.0. The molecule has 0 rings (SSSR count). The first-order valence-electron chi connectivity index (χ1n) is 6.47. The van der Waals surface area contributed by atoms with Crippen LogP contribution in [0.2, 0.25) is 0 Å². The van der Waals surface area contributed by atoms with Crippen molar-refractivity contribution in [1.82, 2.24) is 0 Å². The summed E-state index contributed by atoms with van der Waals surface area (Å²) in [5.74, 6) is 1.75. The molecule has 7 nitrogen and oxygen atoms in total. The molecule has 0 spiro atoms. The Bertz CT molecular complexity index is 322. The molecule has 1 unspecified atom stereocenters. The minimum Gasteiger partial charge on any atom is -0.394 e. The number of halogens is 1. The second kappa shape index (κ2) is 13.2. The van der Waals surface area contributed by atoms with Crippen molar-refractivity contribution in [3.63, 3.8) is 0 Å². The van der Waals surface area contributed by atoms with Gasteiger partial charge in [-0.2, -0.15) is 0 Å². The van der Waals surface area contributed by atoms with E-state index in [1.807, 2.05) is 0 Å². The quantitative estimate of drug-likeness (QED) is 0.175. The van der Waals surface area contributed by atoms with E-state index < -0.39 is 9.51 Å². The molecule has 8 heteroatoms. The molecule has 0 bridgehead atoms. The van der Waals surface area contributed by atoms with Gasteiger partial charge >= 0.3 is 0 Å². The molecule has 0 saturated heterocycles. The Morgan fingerprint density at radius 1 is 1.10 bits per heavy atom. The van der Waals surface area contributed by atoms with Gasteiger partial charge in [0, 0.05) is 0 Å². The number of terminal acetylenes is 1. The van der Waals surface area contributed by atoms with Crippen molar-refractivity contribution in [1.29, 1.82) is 0 Å². The van der Waals surface area contributed by atoms with Gasteiger partial charge in [0.1, 0.15) is 0 Å². The Morgan fingerprint density at radius 3 is 2.00 bits per heavy atom. The van der Waals surface area contributed by atoms with Gasteiger partial charge in [-0.15, -0.1) is 12.3 Å². The Morgan fingerprint density at radius 2 is 1.57 bits per heavy atom. The molecule has 0 aromatic rings. The highest BCUT2D eigenvalue weighted by atomic mass is 127. The Labute approximate surface area is 138 Å². The topological polar surface area (TPSA) is 100 Å². The first-order chi connectivity index (χ1) is 10.1. The second-order valence-corrected chi connectivity index (χ2v) is 5.63. The number of hydrogen-bond acceptors (Lipinski definition) is 6. The highest BCUT2D eigenvalue weighted by Crippen LogP contribution is 2.23. The molecule has 21 heavy (non-hydrogen) atoms. The third-order valence-electron chi connectivity index (χ3n) is 2.24. The molecule has 0 aliphatic rings. The van der Waals surface area contributed by atoms with E-state index in [2.05, 4.69) is 5.92 Å². The number of amides is 1. The van der Waals surface area contributed by atoms with Crippen LogP contribution in [-0.4, -0.2) is 67.5 Å². The predicted molar refractivity (Wildman–Crippen MR) is 84.9 cm³/mol. The number of alkyl halides is 1. The summed E-state index contributed by atoms with van der Waals surface area (Å²) in [4.78, 5) is 11.2. The van der Waals surface area contributed by atoms with Crippen molar-refractivity contribution >= 4 is 28.5 Å². The van der Waals surface area contributed by atoms with Crippen LogP contribution in [0.15, 0.2) is 0 Å². The molecule has 3 N–H and O–H groups in total. The molecular formula is C13H22INO6. The molecule has 0 aromatic carbocycles. The van der Waals surface area contributed by atoms with Crippen LogP contribution in [0.3, 0.4) is 0 Å². The number of ether oxygens (including phenoxy) is 4. The average Bonchev–Trinajstić information content (AvgIpc) is 2.45. The normalized spacial score (nSPS) is 13.6. The Balaban J connectivity index is 3.47. The van der Waals surface area contributed by atoms with Gasteiger partial charge < -0.3 is 29.8 Å². The molecular weight excluding hydrogens is 393 g/mol. The van der Waals surface area contributed by atoms with Crippen molar-refractivity contribution in [2.45, 2.75) is 10.0 Å². The molecule has 0 fully saturated rings. The lowest BCUT2D eigenvalue weighted by atomic mass is 10.2. The first-order valence-corrected chi connectivity index (χ1v) is 7.55. The summed E-state index contributed by atoms with van der Waals surface area (Å²) in [6.45, 7) is 2.56. The smallest absolute Gasteiger partial charge is 0.260 e. The maximum atomic E-state index is 11.2. The zero-order valence-corrected chi connectivity index (χ0v) is 14.0. The van der Waals surface area contributed by atoms with Gasteiger partial charge in [-0.3, -0.25) is 4.79 Å². The highest BCUT2D eigenvalue weighted by Gasteiger charge is 2.33. The highest BCUT2D eigenvalue weighted by molar-refractivity contribution is 14.1. The number of primary amides is 1. The van der Waals surface area contributed by atoms with E-state index in [1.165, 1.54) is 0 Å². The third kappa shape index (κ3) is 10.9. The van der Waals surface area contributed by atoms with E-state index >= 15 is 0 Å². The minimum atomic E-state index is -1.18. The first kappa shape index (κ1) is 20.6. The summed E-state index contributed by atoms with van der Waals surface area (Å²) < 4.78 is 19.7. The molecule has 0 heterocycles. The van der Waals surface area contributed by atoms with Crippen molar-refractivity contribution in [2.75, 3.05) is 52.9 Å². The number of nitrogens with two attached hydrogens (primary N) is 1. The van der Waals surface area contributed by atoms with E-state index in [9.17, 15) is 4.79 Å². The standard InChI is InChI=1S/C13H22INO6/c1-2-3-13(14,12(15)17)21-11-10-20-9-8-19-7-6-18-5-4-16/h1,16H,3-11H2,(H2,15,17). The second-order valence-electron chi connectivity index (χ2n) is 3.88. The lowest BCUT2D eigenvalue weighted by Gasteiger charge is -2.22. The molecule has 122 valence electrons. The molecule has 0 aliphatic carbocycles. The van der Waals surface area contributed by atoms with Gasteiger partial charge in [-0.1, -0.05) is 0 Å². The molecule has 1 atom stereocenters. The van der Waals surface area contributed by atoms with Crippen LogP contribution in [0.5, 0.6) is 0 Å². The van der Waals surface area contributed by atoms with Crippen LogP contribution in [0.25, 0.3) is 0 Å². The maximum absolute atomic E-state index is 11.2. The molecule has 0 aromatic heterocycles. The summed E-state index contributed by atoms with van der Waals surface area (Å²) in [5, 5.41) is 8.48. The van der Waals surface area contributed by atoms with E-state index in [1.54, 1.807) is 22.6 Å². The fraction of sp³-hybridized carbons (Fsp3) is 0.769. The van der Waals surface area contributed by atoms with Crippen molar-refractivity contribution in [2.24, 2.45) is 5.73 Å². The van der Waals surface area contributed by atoms with Crippen LogP contribution in [0.1, 0.15) is 6.42 Å². The van der Waals surface area contributed by atoms with E-state index in [-0.39, 0.29) is 19.6 Å². The maximum Gasteiger partial charge on any atom is 0.260 e. The minimum absolute atomic E-state index is 0.00634. The number of carbonyl (C=O) groups is 1. The molecule has 1 amide bonds. The van der Waals surface area contributed by atoms with Gasteiger partial charge in [-0.05, 0) is 22.6 Å². The van der Waals surface area contributed by atoms with Crippen LogP contribution in [0, 0.1) is 12.3 Å². The van der Waals surface area contributed by atoms with Gasteiger partial charge in [0.2, 0.25) is 3.61 Å². The predicted octanol–water partition coefficient (Wildman–Crippen LogP) is -0.315. The fourth-order valence-electron chi connectivity index (χ4n) is 1.21. The van der Waals surface area contributed by atoms with Gasteiger partial charge in [0.15, 0.2) is 0 Å². The Hall–Kier alpha value is -0.440. The third-order valence-corrected chi connectivity index (χ3v) is 3.46. The van der Waals surface area contributed by atoms with Gasteiger partial charge in [0.25, 0.3) is 5.91 Å². The number of aliphatic hydroxyl groups excluding tert-OH is 1. The zero-order valence-electron chi connectivity index (χ0n) is 11.9. The van der Waals surface area contributed by atoms with Gasteiger partial charge in [-0.25, -0.2) is 0 Å². The lowest BCUT2D eigenvalue weighted by molar-refractivity contribution is -0.132.